The second-order valence-corrected chi connectivity index (χ2v) is 5.25. The Labute approximate surface area is 134 Å². The minimum absolute atomic E-state index is 0.0367. The van der Waals surface area contributed by atoms with Crippen molar-refractivity contribution in [1.82, 2.24) is 10.6 Å². The summed E-state index contributed by atoms with van der Waals surface area (Å²) in [5.74, 6) is 0.208. The van der Waals surface area contributed by atoms with Gasteiger partial charge in [-0.25, -0.2) is 4.79 Å². The number of halogens is 1. The lowest BCUT2D eigenvalue weighted by Crippen LogP contribution is -2.39. The van der Waals surface area contributed by atoms with Gasteiger partial charge in [0, 0.05) is 36.8 Å². The molecule has 1 heterocycles. The molecule has 7 heteroatoms. The largest absolute Gasteiger partial charge is 0.378 e. The molecule has 0 spiro atoms. The van der Waals surface area contributed by atoms with Crippen LogP contribution in [0, 0.1) is 0 Å². The fourth-order valence-electron chi connectivity index (χ4n) is 2.17. The van der Waals surface area contributed by atoms with Crippen molar-refractivity contribution in [3.05, 3.63) is 29.8 Å². The summed E-state index contributed by atoms with van der Waals surface area (Å²) in [6, 6.07) is 7.02. The fourth-order valence-corrected chi connectivity index (χ4v) is 2.26. The van der Waals surface area contributed by atoms with Gasteiger partial charge < -0.3 is 20.3 Å². The number of hydrogen-bond acceptors (Lipinski definition) is 4. The molecule has 1 saturated heterocycles. The van der Waals surface area contributed by atoms with Crippen LogP contribution in [-0.4, -0.2) is 57.1 Å². The van der Waals surface area contributed by atoms with Gasteiger partial charge in [0.25, 0.3) is 0 Å². The highest BCUT2D eigenvalue weighted by molar-refractivity contribution is 6.18. The molecule has 0 unspecified atom stereocenters. The lowest BCUT2D eigenvalue weighted by Gasteiger charge is -2.28. The number of carbonyl (C=O) groups is 2. The number of rotatable bonds is 6. The van der Waals surface area contributed by atoms with Gasteiger partial charge in [-0.3, -0.25) is 4.79 Å². The Morgan fingerprint density at radius 3 is 2.45 bits per heavy atom. The molecule has 2 rings (SSSR count). The van der Waals surface area contributed by atoms with Crippen molar-refractivity contribution in [2.75, 3.05) is 50.2 Å². The number of nitrogens with one attached hydrogen (secondary N) is 2. The molecule has 6 nitrogen and oxygen atoms in total. The highest BCUT2D eigenvalue weighted by Gasteiger charge is 2.12. The van der Waals surface area contributed by atoms with E-state index in [9.17, 15) is 9.59 Å². The smallest absolute Gasteiger partial charge is 0.315 e. The van der Waals surface area contributed by atoms with E-state index in [4.69, 9.17) is 16.3 Å². The van der Waals surface area contributed by atoms with Gasteiger partial charge >= 0.3 is 6.03 Å². The number of nitrogens with zero attached hydrogens (tertiary/aromatic N) is 1. The standard InChI is InChI=1S/C15H20ClN3O3/c16-5-6-17-15(21)18-11-14(20)12-1-3-13(4-2-12)19-7-9-22-10-8-19/h1-4H,5-11H2,(H2,17,18,21). The highest BCUT2D eigenvalue weighted by atomic mass is 35.5. The second-order valence-electron chi connectivity index (χ2n) is 4.87. The predicted octanol–water partition coefficient (Wildman–Crippen LogP) is 1.24. The maximum atomic E-state index is 12.0. The molecular weight excluding hydrogens is 306 g/mol. The molecule has 1 aliphatic heterocycles. The average molecular weight is 326 g/mol. The summed E-state index contributed by atoms with van der Waals surface area (Å²) >= 11 is 5.46. The third-order valence-electron chi connectivity index (χ3n) is 3.36. The Kier molecular flexibility index (Phi) is 6.48. The molecule has 0 saturated carbocycles. The minimum atomic E-state index is -0.390. The third kappa shape index (κ3) is 4.89. The number of carbonyl (C=O) groups excluding carboxylic acids is 2. The summed E-state index contributed by atoms with van der Waals surface area (Å²) in [6.07, 6.45) is 0. The Hall–Kier alpha value is -1.79. The number of ether oxygens (including phenoxy) is 1. The first-order chi connectivity index (χ1) is 10.7. The molecule has 1 aliphatic rings. The Morgan fingerprint density at radius 1 is 1.14 bits per heavy atom. The fraction of sp³-hybridized carbons (Fsp3) is 0.467. The monoisotopic (exact) mass is 325 g/mol. The van der Waals surface area contributed by atoms with E-state index in [1.165, 1.54) is 0 Å². The average Bonchev–Trinajstić information content (AvgIpc) is 2.58. The first-order valence-corrected chi connectivity index (χ1v) is 7.78. The molecule has 1 fully saturated rings. The van der Waals surface area contributed by atoms with E-state index in [1.54, 1.807) is 12.1 Å². The molecule has 0 radical (unpaired) electrons. The van der Waals surface area contributed by atoms with Crippen molar-refractivity contribution in [1.29, 1.82) is 0 Å². The Bertz CT molecular complexity index is 501. The van der Waals surface area contributed by atoms with Crippen LogP contribution in [0.4, 0.5) is 10.5 Å². The van der Waals surface area contributed by atoms with Crippen LogP contribution in [0.3, 0.4) is 0 Å². The lowest BCUT2D eigenvalue weighted by atomic mass is 10.1. The number of hydrogen-bond donors (Lipinski definition) is 2. The predicted molar refractivity (Wildman–Crippen MR) is 85.9 cm³/mol. The first-order valence-electron chi connectivity index (χ1n) is 7.24. The van der Waals surface area contributed by atoms with E-state index in [0.717, 1.165) is 32.0 Å². The van der Waals surface area contributed by atoms with E-state index in [1.807, 2.05) is 12.1 Å². The van der Waals surface area contributed by atoms with Crippen LogP contribution in [-0.2, 0) is 4.74 Å². The molecular formula is C15H20ClN3O3. The molecule has 120 valence electrons. The lowest BCUT2D eigenvalue weighted by molar-refractivity contribution is 0.0992. The molecule has 1 aromatic carbocycles. The minimum Gasteiger partial charge on any atom is -0.378 e. The molecule has 2 N–H and O–H groups in total. The Morgan fingerprint density at radius 2 is 1.82 bits per heavy atom. The van der Waals surface area contributed by atoms with Gasteiger partial charge in [-0.05, 0) is 24.3 Å². The first kappa shape index (κ1) is 16.6. The molecule has 1 aromatic rings. The van der Waals surface area contributed by atoms with Gasteiger partial charge in [-0.15, -0.1) is 11.6 Å². The van der Waals surface area contributed by atoms with Crippen molar-refractivity contribution in [2.45, 2.75) is 0 Å². The number of anilines is 1. The van der Waals surface area contributed by atoms with Crippen LogP contribution in [0.25, 0.3) is 0 Å². The topological polar surface area (TPSA) is 70.7 Å². The van der Waals surface area contributed by atoms with E-state index in [2.05, 4.69) is 15.5 Å². The summed E-state index contributed by atoms with van der Waals surface area (Å²) in [5, 5.41) is 5.05. The molecule has 2 amide bonds. The summed E-state index contributed by atoms with van der Waals surface area (Å²) in [5.41, 5.74) is 1.65. The number of alkyl halides is 1. The van der Waals surface area contributed by atoms with Crippen LogP contribution in [0.15, 0.2) is 24.3 Å². The van der Waals surface area contributed by atoms with Gasteiger partial charge in [0.2, 0.25) is 0 Å². The molecule has 0 atom stereocenters. The molecule has 22 heavy (non-hydrogen) atoms. The maximum absolute atomic E-state index is 12.0. The number of morpholine rings is 1. The van der Waals surface area contributed by atoms with Crippen molar-refractivity contribution in [3.8, 4) is 0 Å². The van der Waals surface area contributed by atoms with Crippen molar-refractivity contribution in [3.63, 3.8) is 0 Å². The maximum Gasteiger partial charge on any atom is 0.315 e. The number of benzene rings is 1. The van der Waals surface area contributed by atoms with Gasteiger partial charge in [0.05, 0.1) is 19.8 Å². The Balaban J connectivity index is 1.84. The summed E-state index contributed by atoms with van der Waals surface area (Å²) in [7, 11) is 0. The molecule has 0 aromatic heterocycles. The van der Waals surface area contributed by atoms with Crippen LogP contribution < -0.4 is 15.5 Å². The van der Waals surface area contributed by atoms with E-state index in [-0.39, 0.29) is 18.4 Å². The van der Waals surface area contributed by atoms with Crippen LogP contribution in [0.5, 0.6) is 0 Å². The van der Waals surface area contributed by atoms with Crippen LogP contribution in [0.2, 0.25) is 0 Å². The second kappa shape index (κ2) is 8.60. The number of ketones is 1. The van der Waals surface area contributed by atoms with Gasteiger partial charge in [0.1, 0.15) is 0 Å². The van der Waals surface area contributed by atoms with Crippen LogP contribution >= 0.6 is 11.6 Å². The van der Waals surface area contributed by atoms with E-state index in [0.29, 0.717) is 18.0 Å². The van der Waals surface area contributed by atoms with Crippen molar-refractivity contribution >= 4 is 29.1 Å². The number of urea groups is 1. The summed E-state index contributed by atoms with van der Waals surface area (Å²) in [6.45, 7) is 3.50. The molecule has 0 aliphatic carbocycles. The van der Waals surface area contributed by atoms with Crippen molar-refractivity contribution in [2.24, 2.45) is 0 Å². The third-order valence-corrected chi connectivity index (χ3v) is 3.54. The van der Waals surface area contributed by atoms with Crippen molar-refractivity contribution < 1.29 is 14.3 Å². The zero-order chi connectivity index (χ0) is 15.8. The summed E-state index contributed by atoms with van der Waals surface area (Å²) in [4.78, 5) is 25.6. The van der Waals surface area contributed by atoms with E-state index >= 15 is 0 Å². The molecule has 0 bridgehead atoms. The zero-order valence-electron chi connectivity index (χ0n) is 12.3. The SMILES string of the molecule is O=C(NCCCl)NCC(=O)c1ccc(N2CCOCC2)cc1. The number of Topliss-reactive ketones (excluding diaryl/α,β-unsaturated/α-hetero) is 1. The van der Waals surface area contributed by atoms with Gasteiger partial charge in [-0.2, -0.15) is 0 Å². The summed E-state index contributed by atoms with van der Waals surface area (Å²) < 4.78 is 5.32. The van der Waals surface area contributed by atoms with Gasteiger partial charge in [0.15, 0.2) is 5.78 Å². The quantitative estimate of drug-likeness (QED) is 0.610. The van der Waals surface area contributed by atoms with Gasteiger partial charge in [-0.1, -0.05) is 0 Å². The zero-order valence-corrected chi connectivity index (χ0v) is 13.1. The highest BCUT2D eigenvalue weighted by Crippen LogP contribution is 2.16. The normalized spacial score (nSPS) is 14.5. The number of amides is 2. The van der Waals surface area contributed by atoms with Crippen LogP contribution in [0.1, 0.15) is 10.4 Å². The van der Waals surface area contributed by atoms with E-state index < -0.39 is 0 Å².